The van der Waals surface area contributed by atoms with Crippen molar-refractivity contribution >= 4 is 17.8 Å². The van der Waals surface area contributed by atoms with Gasteiger partial charge in [-0.15, -0.1) is 0 Å². The zero-order valence-electron chi connectivity index (χ0n) is 13.0. The lowest BCUT2D eigenvalue weighted by molar-refractivity contribution is -0.144. The lowest BCUT2D eigenvalue weighted by atomic mass is 9.97. The minimum Gasteiger partial charge on any atom is -0.466 e. The first-order valence-corrected chi connectivity index (χ1v) is 7.15. The fourth-order valence-corrected chi connectivity index (χ4v) is 2.02. The van der Waals surface area contributed by atoms with Crippen LogP contribution in [0.1, 0.15) is 36.2 Å². The number of carbonyl (C=O) groups excluding carboxylic acids is 3. The summed E-state index contributed by atoms with van der Waals surface area (Å²) in [6.07, 6.45) is -0.0326. The molecule has 0 heterocycles. The van der Waals surface area contributed by atoms with Crippen LogP contribution in [-0.2, 0) is 14.3 Å². The maximum absolute atomic E-state index is 12.2. The van der Waals surface area contributed by atoms with E-state index in [0.29, 0.717) is 11.1 Å². The van der Waals surface area contributed by atoms with Crippen LogP contribution < -0.4 is 11.1 Å². The largest absolute Gasteiger partial charge is 0.466 e. The first kappa shape index (κ1) is 18.2. The number of amides is 2. The predicted molar refractivity (Wildman–Crippen MR) is 82.0 cm³/mol. The minimum atomic E-state index is -0.998. The Morgan fingerprint density at radius 2 is 1.91 bits per heavy atom. The van der Waals surface area contributed by atoms with E-state index in [1.165, 1.54) is 24.3 Å². The quantitative estimate of drug-likeness (QED) is 0.718. The van der Waals surface area contributed by atoms with Crippen molar-refractivity contribution in [3.8, 4) is 6.07 Å². The van der Waals surface area contributed by atoms with Gasteiger partial charge in [0.15, 0.2) is 0 Å². The molecule has 7 heteroatoms. The fourth-order valence-electron chi connectivity index (χ4n) is 2.02. The lowest BCUT2D eigenvalue weighted by Crippen LogP contribution is -2.49. The number of esters is 1. The number of nitrogens with zero attached hydrogens (tertiary/aromatic N) is 1. The first-order valence-electron chi connectivity index (χ1n) is 7.15. The van der Waals surface area contributed by atoms with Gasteiger partial charge < -0.3 is 15.8 Å². The average molecular weight is 317 g/mol. The number of primary amides is 1. The van der Waals surface area contributed by atoms with Crippen LogP contribution in [0.3, 0.4) is 0 Å². The third-order valence-electron chi connectivity index (χ3n) is 3.23. The molecular formula is C16H19N3O4. The average Bonchev–Trinajstić information content (AvgIpc) is 2.52. The topological polar surface area (TPSA) is 122 Å². The number of benzene rings is 1. The van der Waals surface area contributed by atoms with Crippen LogP contribution in [-0.4, -0.2) is 30.4 Å². The Balaban J connectivity index is 2.78. The fraction of sp³-hybridized carbons (Fsp3) is 0.375. The van der Waals surface area contributed by atoms with Gasteiger partial charge in [0.25, 0.3) is 5.91 Å². The molecule has 3 N–H and O–H groups in total. The molecule has 1 aromatic carbocycles. The van der Waals surface area contributed by atoms with E-state index in [0.717, 1.165) is 0 Å². The molecule has 0 radical (unpaired) electrons. The highest BCUT2D eigenvalue weighted by molar-refractivity contribution is 5.97. The molecule has 0 aliphatic carbocycles. The Bertz CT molecular complexity index is 619. The summed E-state index contributed by atoms with van der Waals surface area (Å²) in [5, 5.41) is 11.2. The lowest BCUT2D eigenvalue weighted by Gasteiger charge is -2.21. The second kappa shape index (κ2) is 8.54. The predicted octanol–water partition coefficient (Wildman–Crippen LogP) is 0.731. The molecule has 122 valence electrons. The van der Waals surface area contributed by atoms with Gasteiger partial charge in [-0.3, -0.25) is 14.4 Å². The minimum absolute atomic E-state index is 0.0326. The summed E-state index contributed by atoms with van der Waals surface area (Å²) in [7, 11) is 0. The third-order valence-corrected chi connectivity index (χ3v) is 3.23. The van der Waals surface area contributed by atoms with Crippen LogP contribution in [0, 0.1) is 17.2 Å². The number of nitriles is 1. The maximum Gasteiger partial charge on any atom is 0.306 e. The molecule has 0 unspecified atom stereocenters. The van der Waals surface area contributed by atoms with Gasteiger partial charge in [-0.05, 0) is 37.1 Å². The molecule has 0 saturated heterocycles. The number of hydrogen-bond acceptors (Lipinski definition) is 5. The summed E-state index contributed by atoms with van der Waals surface area (Å²) < 4.78 is 4.82. The molecule has 0 fully saturated rings. The van der Waals surface area contributed by atoms with E-state index in [-0.39, 0.29) is 13.0 Å². The van der Waals surface area contributed by atoms with Crippen molar-refractivity contribution in [2.75, 3.05) is 6.61 Å². The third kappa shape index (κ3) is 5.43. The van der Waals surface area contributed by atoms with Crippen molar-refractivity contribution in [1.82, 2.24) is 5.32 Å². The molecule has 0 aromatic heterocycles. The van der Waals surface area contributed by atoms with E-state index in [4.69, 9.17) is 15.7 Å². The Kier molecular flexibility index (Phi) is 6.74. The molecule has 0 aliphatic heterocycles. The van der Waals surface area contributed by atoms with Crippen molar-refractivity contribution < 1.29 is 19.1 Å². The van der Waals surface area contributed by atoms with Gasteiger partial charge in [0.05, 0.1) is 24.7 Å². The summed E-state index contributed by atoms with van der Waals surface area (Å²) in [4.78, 5) is 35.2. The van der Waals surface area contributed by atoms with Gasteiger partial charge in [0, 0.05) is 5.56 Å². The molecule has 1 aromatic rings. The Morgan fingerprint density at radius 1 is 1.30 bits per heavy atom. The van der Waals surface area contributed by atoms with Gasteiger partial charge in [-0.1, -0.05) is 6.92 Å². The van der Waals surface area contributed by atoms with Crippen LogP contribution in [0.4, 0.5) is 0 Å². The Labute approximate surface area is 134 Å². The van der Waals surface area contributed by atoms with Crippen LogP contribution in [0.15, 0.2) is 24.3 Å². The zero-order valence-corrected chi connectivity index (χ0v) is 13.0. The van der Waals surface area contributed by atoms with Crippen molar-refractivity contribution in [2.45, 2.75) is 26.3 Å². The van der Waals surface area contributed by atoms with Crippen LogP contribution in [0.25, 0.3) is 0 Å². The second-order valence-electron chi connectivity index (χ2n) is 5.03. The monoisotopic (exact) mass is 317 g/mol. The number of ether oxygens (including phenoxy) is 1. The molecule has 0 saturated carbocycles. The Hall–Kier alpha value is -2.88. The number of nitrogens with two attached hydrogens (primary N) is 1. The highest BCUT2D eigenvalue weighted by Gasteiger charge is 2.27. The van der Waals surface area contributed by atoms with Crippen LogP contribution in [0.5, 0.6) is 0 Å². The number of hydrogen-bond donors (Lipinski definition) is 2. The van der Waals surface area contributed by atoms with Gasteiger partial charge in [0.1, 0.15) is 6.04 Å². The summed E-state index contributed by atoms with van der Waals surface area (Å²) in [5.74, 6) is -2.20. The molecule has 1 rings (SSSR count). The van der Waals surface area contributed by atoms with Gasteiger partial charge in [0.2, 0.25) is 5.91 Å². The van der Waals surface area contributed by atoms with Crippen molar-refractivity contribution in [3.05, 3.63) is 35.4 Å². The van der Waals surface area contributed by atoms with Gasteiger partial charge >= 0.3 is 5.97 Å². The summed E-state index contributed by atoms with van der Waals surface area (Å²) >= 11 is 0. The SMILES string of the molecule is CCOC(=O)C[C@@H](C)[C@@H](NC(=O)c1ccc(C#N)cc1)C(N)=O. The smallest absolute Gasteiger partial charge is 0.306 e. The Morgan fingerprint density at radius 3 is 2.39 bits per heavy atom. The second-order valence-corrected chi connectivity index (χ2v) is 5.03. The number of rotatable bonds is 7. The van der Waals surface area contributed by atoms with E-state index < -0.39 is 29.7 Å². The molecule has 2 atom stereocenters. The maximum atomic E-state index is 12.2. The van der Waals surface area contributed by atoms with Crippen molar-refractivity contribution in [2.24, 2.45) is 11.7 Å². The van der Waals surface area contributed by atoms with Crippen molar-refractivity contribution in [3.63, 3.8) is 0 Å². The molecule has 0 spiro atoms. The summed E-state index contributed by atoms with van der Waals surface area (Å²) in [6, 6.07) is 6.89. The van der Waals surface area contributed by atoms with E-state index in [9.17, 15) is 14.4 Å². The first-order chi connectivity index (χ1) is 10.9. The standard InChI is InChI=1S/C16H19N3O4/c1-3-23-13(20)8-10(2)14(15(18)21)19-16(22)12-6-4-11(9-17)5-7-12/h4-7,10,14H,3,8H2,1-2H3,(H2,18,21)(H,19,22)/t10-,14-/m1/s1. The molecule has 7 nitrogen and oxygen atoms in total. The normalized spacial score (nSPS) is 12.6. The summed E-state index contributed by atoms with van der Waals surface area (Å²) in [6.45, 7) is 3.55. The molecule has 0 bridgehead atoms. The number of nitrogens with one attached hydrogen (secondary N) is 1. The molecule has 2 amide bonds. The highest BCUT2D eigenvalue weighted by Crippen LogP contribution is 2.11. The van der Waals surface area contributed by atoms with Gasteiger partial charge in [-0.25, -0.2) is 0 Å². The molecular weight excluding hydrogens is 298 g/mol. The summed E-state index contributed by atoms with van der Waals surface area (Å²) in [5.41, 5.74) is 6.02. The van der Waals surface area contributed by atoms with Crippen LogP contribution >= 0.6 is 0 Å². The molecule has 0 aliphatic rings. The zero-order chi connectivity index (χ0) is 17.4. The molecule has 23 heavy (non-hydrogen) atoms. The van der Waals surface area contributed by atoms with E-state index in [1.807, 2.05) is 6.07 Å². The highest BCUT2D eigenvalue weighted by atomic mass is 16.5. The van der Waals surface area contributed by atoms with E-state index >= 15 is 0 Å². The van der Waals surface area contributed by atoms with E-state index in [2.05, 4.69) is 5.32 Å². The van der Waals surface area contributed by atoms with Crippen molar-refractivity contribution in [1.29, 1.82) is 5.26 Å². The van der Waals surface area contributed by atoms with E-state index in [1.54, 1.807) is 13.8 Å². The van der Waals surface area contributed by atoms with Gasteiger partial charge in [-0.2, -0.15) is 5.26 Å². The number of carbonyl (C=O) groups is 3. The van der Waals surface area contributed by atoms with Crippen LogP contribution in [0.2, 0.25) is 0 Å².